The highest BCUT2D eigenvalue weighted by molar-refractivity contribution is 8.26. The number of aliphatic imine (C=N–C) groups is 2. The lowest BCUT2D eigenvalue weighted by Crippen LogP contribution is -2.39. The quantitative estimate of drug-likeness (QED) is 0.128. The summed E-state index contributed by atoms with van der Waals surface area (Å²) in [5.74, 6) is 0.616. The zero-order valence-corrected chi connectivity index (χ0v) is 37.0. The van der Waals surface area contributed by atoms with Gasteiger partial charge in [0.1, 0.15) is 16.9 Å². The maximum atomic E-state index is 13.5. The van der Waals surface area contributed by atoms with Gasteiger partial charge in [-0.25, -0.2) is 9.59 Å². The minimum Gasteiger partial charge on any atom is -0.491 e. The minimum atomic E-state index is -0.738. The van der Waals surface area contributed by atoms with E-state index in [0.29, 0.717) is 40.0 Å². The normalized spacial score (nSPS) is 20.8. The average Bonchev–Trinajstić information content (AvgIpc) is 3.81. The second-order valence-electron chi connectivity index (χ2n) is 14.5. The lowest BCUT2D eigenvalue weighted by atomic mass is 10.0. The van der Waals surface area contributed by atoms with Crippen LogP contribution in [0.2, 0.25) is 0 Å². The molecule has 15 heteroatoms. The number of imide groups is 2. The largest absolute Gasteiger partial charge is 0.491 e. The summed E-state index contributed by atoms with van der Waals surface area (Å²) in [6.45, 7) is 16.2. The van der Waals surface area contributed by atoms with Gasteiger partial charge in [0.05, 0.1) is 38.1 Å². The SMILES string of the molecule is CCCCC(CC)COC1=NC(=O)NC(=O)/C1=C1/Sc2c(C)c3c(c(OCC(CC)CCCC)c2S1)S/C(=C1/C(=O)NC(=O)N=C1OCC(CC)CCCC)S3. The first kappa shape index (κ1) is 44.2. The molecule has 0 spiro atoms. The van der Waals surface area contributed by atoms with Crippen molar-refractivity contribution in [3.05, 3.63) is 25.2 Å². The molecule has 4 aliphatic rings. The summed E-state index contributed by atoms with van der Waals surface area (Å²) in [6.07, 6.45) is 12.3. The Morgan fingerprint density at radius 2 is 0.893 bits per heavy atom. The molecule has 1 aromatic rings. The molecule has 4 heterocycles. The number of urea groups is 2. The second-order valence-corrected chi connectivity index (χ2v) is 19.1. The molecule has 56 heavy (non-hydrogen) atoms. The first-order chi connectivity index (χ1) is 27.1. The van der Waals surface area contributed by atoms with Gasteiger partial charge in [0.15, 0.2) is 0 Å². The summed E-state index contributed by atoms with van der Waals surface area (Å²) in [7, 11) is 0. The van der Waals surface area contributed by atoms with Crippen molar-refractivity contribution in [1.82, 2.24) is 10.6 Å². The van der Waals surface area contributed by atoms with Gasteiger partial charge in [-0.15, -0.1) is 0 Å². The molecular formula is C41H56N4O7S4. The van der Waals surface area contributed by atoms with Crippen molar-refractivity contribution in [2.75, 3.05) is 19.8 Å². The Hall–Kier alpha value is -2.88. The van der Waals surface area contributed by atoms with Crippen LogP contribution in [0.4, 0.5) is 9.59 Å². The number of benzene rings is 1. The minimum absolute atomic E-state index is 0.0511. The number of carbonyl (C=O) groups is 4. The third-order valence-electron chi connectivity index (χ3n) is 10.4. The van der Waals surface area contributed by atoms with Gasteiger partial charge in [0, 0.05) is 9.79 Å². The van der Waals surface area contributed by atoms with Crippen LogP contribution < -0.4 is 15.4 Å². The molecule has 0 bridgehead atoms. The summed E-state index contributed by atoms with van der Waals surface area (Å²) in [6, 6.07) is -1.48. The summed E-state index contributed by atoms with van der Waals surface area (Å²) in [5, 5.41) is 4.73. The van der Waals surface area contributed by atoms with Crippen molar-refractivity contribution >= 4 is 82.7 Å². The van der Waals surface area contributed by atoms with E-state index in [1.807, 2.05) is 6.92 Å². The summed E-state index contributed by atoms with van der Waals surface area (Å²) < 4.78 is 20.5. The molecule has 0 aliphatic carbocycles. The number of hydrogen-bond donors (Lipinski definition) is 2. The smallest absolute Gasteiger partial charge is 0.351 e. The highest BCUT2D eigenvalue weighted by Gasteiger charge is 2.41. The van der Waals surface area contributed by atoms with Gasteiger partial charge in [-0.1, -0.05) is 146 Å². The Labute approximate surface area is 348 Å². The van der Waals surface area contributed by atoms with E-state index >= 15 is 0 Å². The van der Waals surface area contributed by atoms with Crippen molar-refractivity contribution in [1.29, 1.82) is 0 Å². The molecule has 5 rings (SSSR count). The summed E-state index contributed by atoms with van der Waals surface area (Å²) in [4.78, 5) is 63.9. The average molecular weight is 845 g/mol. The number of rotatable bonds is 19. The molecule has 6 amide bonds. The molecule has 0 saturated heterocycles. The maximum absolute atomic E-state index is 13.5. The van der Waals surface area contributed by atoms with Gasteiger partial charge < -0.3 is 14.2 Å². The number of amides is 6. The lowest BCUT2D eigenvalue weighted by molar-refractivity contribution is -0.117. The first-order valence-corrected chi connectivity index (χ1v) is 23.5. The van der Waals surface area contributed by atoms with Gasteiger partial charge in [0.2, 0.25) is 11.8 Å². The topological polar surface area (TPSA) is 145 Å². The summed E-state index contributed by atoms with van der Waals surface area (Å²) >= 11 is 5.73. The Bertz CT molecular complexity index is 1690. The third kappa shape index (κ3) is 10.6. The second kappa shape index (κ2) is 21.2. The number of nitrogens with one attached hydrogen (secondary N) is 2. The van der Waals surface area contributed by atoms with E-state index in [2.05, 4.69) is 62.2 Å². The van der Waals surface area contributed by atoms with Crippen LogP contribution in [0.5, 0.6) is 5.75 Å². The monoisotopic (exact) mass is 844 g/mol. The van der Waals surface area contributed by atoms with Crippen molar-refractivity contribution in [2.45, 2.75) is 145 Å². The van der Waals surface area contributed by atoms with Crippen molar-refractivity contribution in [3.63, 3.8) is 0 Å². The molecule has 2 N–H and O–H groups in total. The fraction of sp³-hybridized carbons (Fsp3) is 0.610. The van der Waals surface area contributed by atoms with E-state index < -0.39 is 23.9 Å². The number of fused-ring (bicyclic) bond motifs is 2. The van der Waals surface area contributed by atoms with Crippen molar-refractivity contribution < 1.29 is 33.4 Å². The van der Waals surface area contributed by atoms with E-state index in [0.717, 1.165) is 102 Å². The molecule has 306 valence electrons. The zero-order valence-electron chi connectivity index (χ0n) is 33.7. The van der Waals surface area contributed by atoms with E-state index in [-0.39, 0.29) is 34.8 Å². The molecule has 1 aromatic carbocycles. The molecule has 3 atom stereocenters. The van der Waals surface area contributed by atoms with Crippen LogP contribution >= 0.6 is 47.0 Å². The molecule has 11 nitrogen and oxygen atoms in total. The van der Waals surface area contributed by atoms with Crippen LogP contribution in [0.25, 0.3) is 0 Å². The number of nitrogens with zero attached hydrogens (tertiary/aromatic N) is 2. The fourth-order valence-corrected chi connectivity index (χ4v) is 12.4. The molecular weight excluding hydrogens is 789 g/mol. The number of hydrogen-bond acceptors (Lipinski definition) is 11. The van der Waals surface area contributed by atoms with Crippen LogP contribution in [0.1, 0.15) is 124 Å². The standard InChI is InChI=1S/C41H56N4O7S4/c1-8-14-17-24(11-4)20-50-29-32-30(53-38(55-32)27-34(46)42-40(48)44-36(27)51-21-25(12-5)18-15-9-2)23(7)31-33(29)56-39(54-31)28-35(47)43-41(49)45-37(28)52-22-26(13-6)19-16-10-3/h24-26H,8-22H2,1-7H3,(H,42,46,48)(H,43,47,49)/b38-27-,39-28+. The molecule has 3 unspecified atom stereocenters. The molecule has 4 aliphatic heterocycles. The maximum Gasteiger partial charge on any atom is 0.351 e. The van der Waals surface area contributed by atoms with Crippen LogP contribution in [-0.4, -0.2) is 55.5 Å². The first-order valence-electron chi connectivity index (χ1n) is 20.2. The zero-order chi connectivity index (χ0) is 40.4. The van der Waals surface area contributed by atoms with E-state index in [4.69, 9.17) is 14.2 Å². The highest BCUT2D eigenvalue weighted by atomic mass is 32.2. The number of unbranched alkanes of at least 4 members (excludes halogenated alkanes) is 3. The van der Waals surface area contributed by atoms with Gasteiger partial charge in [-0.05, 0) is 49.5 Å². The molecule has 0 fully saturated rings. The van der Waals surface area contributed by atoms with Crippen molar-refractivity contribution in [3.8, 4) is 5.75 Å². The Balaban J connectivity index is 1.54. The highest BCUT2D eigenvalue weighted by Crippen LogP contribution is 2.66. The predicted octanol–water partition coefficient (Wildman–Crippen LogP) is 11.2. The van der Waals surface area contributed by atoms with Crippen LogP contribution in [0.3, 0.4) is 0 Å². The third-order valence-corrected chi connectivity index (χ3v) is 15.9. The Kier molecular flexibility index (Phi) is 16.8. The predicted molar refractivity (Wildman–Crippen MR) is 228 cm³/mol. The van der Waals surface area contributed by atoms with E-state index in [9.17, 15) is 19.2 Å². The number of ether oxygens (including phenoxy) is 3. The van der Waals surface area contributed by atoms with E-state index in [1.165, 1.54) is 47.0 Å². The summed E-state index contributed by atoms with van der Waals surface area (Å²) in [5.41, 5.74) is 1.46. The van der Waals surface area contributed by atoms with Gasteiger partial charge in [-0.3, -0.25) is 20.2 Å². The Morgan fingerprint density at radius 3 is 1.25 bits per heavy atom. The lowest BCUT2D eigenvalue weighted by Gasteiger charge is -2.21. The van der Waals surface area contributed by atoms with E-state index in [1.54, 1.807) is 0 Å². The van der Waals surface area contributed by atoms with Crippen molar-refractivity contribution in [2.24, 2.45) is 27.7 Å². The van der Waals surface area contributed by atoms with Crippen LogP contribution in [0.15, 0.2) is 49.2 Å². The molecule has 0 saturated carbocycles. The Morgan fingerprint density at radius 1 is 0.536 bits per heavy atom. The molecule has 0 aromatic heterocycles. The van der Waals surface area contributed by atoms with Crippen LogP contribution in [0, 0.1) is 24.7 Å². The number of thioether (sulfide) groups is 4. The van der Waals surface area contributed by atoms with Gasteiger partial charge in [-0.2, -0.15) is 9.98 Å². The fourth-order valence-electron chi connectivity index (χ4n) is 6.66. The molecule has 0 radical (unpaired) electrons. The van der Waals surface area contributed by atoms with Crippen LogP contribution in [-0.2, 0) is 19.1 Å². The van der Waals surface area contributed by atoms with Gasteiger partial charge in [0.25, 0.3) is 11.8 Å². The van der Waals surface area contributed by atoms with Gasteiger partial charge >= 0.3 is 12.1 Å². The number of carbonyl (C=O) groups excluding carboxylic acids is 4.